The number of halogens is 3. The van der Waals surface area contributed by atoms with E-state index in [1.807, 2.05) is 0 Å². The van der Waals surface area contributed by atoms with Gasteiger partial charge in [0.05, 0.1) is 11.6 Å². The Morgan fingerprint density at radius 3 is 2.32 bits per heavy atom. The normalized spacial score (nSPS) is 20.0. The monoisotopic (exact) mass is 394 g/mol. The molecule has 0 N–H and O–H groups in total. The second-order valence-corrected chi connectivity index (χ2v) is 7.60. The van der Waals surface area contributed by atoms with Crippen molar-refractivity contribution >= 4 is 0 Å². The minimum absolute atomic E-state index is 0.449. The molecule has 0 spiro atoms. The molecule has 0 radical (unpaired) electrons. The van der Waals surface area contributed by atoms with E-state index in [1.165, 1.54) is 29.8 Å². The Morgan fingerprint density at radius 1 is 1.11 bits per heavy atom. The molecule has 2 nitrogen and oxygen atoms in total. The van der Waals surface area contributed by atoms with Gasteiger partial charge in [-0.1, -0.05) is 52.0 Å². The molecule has 1 aromatic rings. The molecule has 0 aliphatic carbocycles. The first kappa shape index (κ1) is 22.5. The third-order valence-electron chi connectivity index (χ3n) is 5.21. The van der Waals surface area contributed by atoms with Crippen LogP contribution in [-0.4, -0.2) is 35.5 Å². The first-order valence-electron chi connectivity index (χ1n) is 10.3. The first-order valence-corrected chi connectivity index (χ1v) is 10.3. The Bertz CT molecular complexity index is 661. The molecular weight excluding hydrogens is 361 g/mol. The molecule has 1 atom stereocenters. The van der Waals surface area contributed by atoms with E-state index in [1.54, 1.807) is 12.1 Å². The number of allylic oxidation sites excluding steroid dienone is 1. The summed E-state index contributed by atoms with van der Waals surface area (Å²) < 4.78 is 38.0. The highest BCUT2D eigenvalue weighted by atomic mass is 19.4. The fourth-order valence-electron chi connectivity index (χ4n) is 3.81. The zero-order valence-electron chi connectivity index (χ0n) is 17.4. The summed E-state index contributed by atoms with van der Waals surface area (Å²) in [5.74, 6) is 0. The van der Waals surface area contributed by atoms with E-state index < -0.39 is 11.7 Å². The van der Waals surface area contributed by atoms with Crippen molar-refractivity contribution in [1.82, 2.24) is 9.80 Å². The molecule has 1 unspecified atom stereocenters. The van der Waals surface area contributed by atoms with E-state index in [4.69, 9.17) is 0 Å². The van der Waals surface area contributed by atoms with E-state index in [0.29, 0.717) is 12.6 Å². The quantitative estimate of drug-likeness (QED) is 0.557. The van der Waals surface area contributed by atoms with Crippen molar-refractivity contribution in [1.29, 1.82) is 0 Å². The van der Waals surface area contributed by atoms with Crippen LogP contribution in [0.2, 0.25) is 0 Å². The van der Waals surface area contributed by atoms with Crippen LogP contribution in [0.3, 0.4) is 0 Å². The van der Waals surface area contributed by atoms with Crippen LogP contribution in [0.1, 0.15) is 57.6 Å². The maximum Gasteiger partial charge on any atom is 0.416 e. The lowest BCUT2D eigenvalue weighted by Gasteiger charge is -2.44. The van der Waals surface area contributed by atoms with Crippen LogP contribution in [0.25, 0.3) is 0 Å². The van der Waals surface area contributed by atoms with Gasteiger partial charge in [0.2, 0.25) is 0 Å². The lowest BCUT2D eigenvalue weighted by molar-refractivity contribution is -0.137. The molecule has 1 saturated heterocycles. The summed E-state index contributed by atoms with van der Waals surface area (Å²) in [6.07, 6.45) is 2.38. The highest BCUT2D eigenvalue weighted by Crippen LogP contribution is 2.31. The van der Waals surface area contributed by atoms with Crippen molar-refractivity contribution in [2.75, 3.05) is 19.6 Å². The predicted molar refractivity (Wildman–Crippen MR) is 110 cm³/mol. The fraction of sp³-hybridized carbons (Fsp3) is 0.565. The smallest absolute Gasteiger partial charge is 0.368 e. The summed E-state index contributed by atoms with van der Waals surface area (Å²) in [7, 11) is 0. The molecule has 2 aliphatic heterocycles. The largest absolute Gasteiger partial charge is 0.416 e. The molecule has 0 aromatic heterocycles. The molecule has 3 rings (SSSR count). The van der Waals surface area contributed by atoms with Crippen LogP contribution in [0.15, 0.2) is 48.2 Å². The lowest BCUT2D eigenvalue weighted by atomic mass is 9.91. The van der Waals surface area contributed by atoms with E-state index >= 15 is 0 Å². The number of hydrogen-bond donors (Lipinski definition) is 0. The summed E-state index contributed by atoms with van der Waals surface area (Å²) in [6, 6.07) is 5.99. The summed E-state index contributed by atoms with van der Waals surface area (Å²) in [4.78, 5) is 4.76. The van der Waals surface area contributed by atoms with Crippen molar-refractivity contribution in [3.05, 3.63) is 59.3 Å². The van der Waals surface area contributed by atoms with Crippen molar-refractivity contribution in [2.45, 2.75) is 65.2 Å². The van der Waals surface area contributed by atoms with Crippen LogP contribution >= 0.6 is 0 Å². The average Bonchev–Trinajstić information content (AvgIpc) is 2.67. The van der Waals surface area contributed by atoms with E-state index in [-0.39, 0.29) is 0 Å². The zero-order chi connectivity index (χ0) is 20.7. The molecule has 1 fully saturated rings. The molecule has 0 bridgehead atoms. The number of likely N-dealkylation sites (tertiary alicyclic amines) is 1. The van der Waals surface area contributed by atoms with Crippen molar-refractivity contribution < 1.29 is 13.2 Å². The van der Waals surface area contributed by atoms with E-state index in [2.05, 4.69) is 43.2 Å². The Labute approximate surface area is 167 Å². The van der Waals surface area contributed by atoms with Crippen molar-refractivity contribution in [3.63, 3.8) is 0 Å². The van der Waals surface area contributed by atoms with Gasteiger partial charge in [0.1, 0.15) is 0 Å². The Kier molecular flexibility index (Phi) is 8.17. The topological polar surface area (TPSA) is 6.48 Å². The molecule has 2 heterocycles. The molecule has 5 heteroatoms. The SMILES string of the molecule is C=C(CC)N1CCC=C2CN(Cc3ccc(C(F)(F)F)cc3)CCC21.CCC. The average molecular weight is 395 g/mol. The Balaban J connectivity index is 0.000000878. The maximum atomic E-state index is 12.7. The van der Waals surface area contributed by atoms with E-state index in [9.17, 15) is 13.2 Å². The Hall–Kier alpha value is -1.75. The molecule has 0 amide bonds. The molecule has 28 heavy (non-hydrogen) atoms. The molecule has 0 saturated carbocycles. The van der Waals surface area contributed by atoms with Gasteiger partial charge in [-0.05, 0) is 42.5 Å². The highest BCUT2D eigenvalue weighted by molar-refractivity contribution is 5.26. The van der Waals surface area contributed by atoms with Crippen molar-refractivity contribution in [3.8, 4) is 0 Å². The van der Waals surface area contributed by atoms with Crippen LogP contribution < -0.4 is 0 Å². The zero-order valence-corrected chi connectivity index (χ0v) is 17.4. The Morgan fingerprint density at radius 2 is 1.75 bits per heavy atom. The van der Waals surface area contributed by atoms with Gasteiger partial charge in [0.25, 0.3) is 0 Å². The number of nitrogens with zero attached hydrogens (tertiary/aromatic N) is 2. The third kappa shape index (κ3) is 5.87. The molecule has 2 aliphatic rings. The van der Waals surface area contributed by atoms with Gasteiger partial charge in [0.15, 0.2) is 0 Å². The number of benzene rings is 1. The van der Waals surface area contributed by atoms with Crippen LogP contribution in [0.4, 0.5) is 13.2 Å². The first-order chi connectivity index (χ1) is 13.3. The van der Waals surface area contributed by atoms with Gasteiger partial charge in [0, 0.05) is 31.9 Å². The number of rotatable bonds is 4. The predicted octanol–water partition coefficient (Wildman–Crippen LogP) is 6.25. The maximum absolute atomic E-state index is 12.7. The molecular formula is C23H33F3N2. The van der Waals surface area contributed by atoms with Crippen LogP contribution in [-0.2, 0) is 12.7 Å². The standard InChI is InChI=1S/C20H25F3N2.C3H8/c1-3-15(2)25-11-4-5-17-14-24(12-10-19(17)25)13-16-6-8-18(9-7-16)20(21,22)23;1-3-2/h5-9,19H,2-4,10-14H2,1H3;3H2,1-2H3. The third-order valence-corrected chi connectivity index (χ3v) is 5.21. The van der Waals surface area contributed by atoms with Gasteiger partial charge in [-0.25, -0.2) is 0 Å². The summed E-state index contributed by atoms with van der Waals surface area (Å²) in [5, 5.41) is 0. The van der Waals surface area contributed by atoms with E-state index in [0.717, 1.165) is 44.5 Å². The molecule has 156 valence electrons. The van der Waals surface area contributed by atoms with Crippen molar-refractivity contribution in [2.24, 2.45) is 0 Å². The number of piperidine rings is 1. The minimum Gasteiger partial charge on any atom is -0.368 e. The van der Waals surface area contributed by atoms with Gasteiger partial charge in [-0.15, -0.1) is 0 Å². The number of fused-ring (bicyclic) bond motifs is 1. The second kappa shape index (κ2) is 10.1. The lowest BCUT2D eigenvalue weighted by Crippen LogP contribution is -2.48. The number of hydrogen-bond acceptors (Lipinski definition) is 2. The summed E-state index contributed by atoms with van der Waals surface area (Å²) in [6.45, 7) is 14.2. The summed E-state index contributed by atoms with van der Waals surface area (Å²) >= 11 is 0. The van der Waals surface area contributed by atoms with Gasteiger partial charge < -0.3 is 4.90 Å². The highest BCUT2D eigenvalue weighted by Gasteiger charge is 2.32. The summed E-state index contributed by atoms with van der Waals surface area (Å²) in [5.41, 5.74) is 2.97. The minimum atomic E-state index is -4.27. The van der Waals surface area contributed by atoms with Gasteiger partial charge in [-0.2, -0.15) is 13.2 Å². The fourth-order valence-corrected chi connectivity index (χ4v) is 3.81. The molecule has 1 aromatic carbocycles. The van der Waals surface area contributed by atoms with Gasteiger partial charge >= 0.3 is 6.18 Å². The van der Waals surface area contributed by atoms with Crippen LogP contribution in [0.5, 0.6) is 0 Å². The van der Waals surface area contributed by atoms with Gasteiger partial charge in [-0.3, -0.25) is 4.90 Å². The number of alkyl halides is 3. The van der Waals surface area contributed by atoms with Crippen LogP contribution in [0, 0.1) is 0 Å². The second-order valence-electron chi connectivity index (χ2n) is 7.60.